The maximum Gasteiger partial charge on any atom is 0.416 e. The van der Waals surface area contributed by atoms with Gasteiger partial charge in [-0.3, -0.25) is 14.6 Å². The molecule has 1 fully saturated rings. The Morgan fingerprint density at radius 1 is 1.11 bits per heavy atom. The third-order valence-corrected chi connectivity index (χ3v) is 4.54. The van der Waals surface area contributed by atoms with Crippen molar-refractivity contribution in [2.24, 2.45) is 0 Å². The molecule has 1 aliphatic heterocycles. The Labute approximate surface area is 155 Å². The fourth-order valence-corrected chi connectivity index (χ4v) is 3.02. The summed E-state index contributed by atoms with van der Waals surface area (Å²) in [6.45, 7) is 5.17. The fourth-order valence-electron chi connectivity index (χ4n) is 3.02. The minimum absolute atomic E-state index is 0.161. The number of rotatable bonds is 6. The summed E-state index contributed by atoms with van der Waals surface area (Å²) in [5.74, 6) is -0.304. The first-order chi connectivity index (χ1) is 12.9. The molecule has 27 heavy (non-hydrogen) atoms. The van der Waals surface area contributed by atoms with Crippen molar-refractivity contribution in [3.05, 3.63) is 48.5 Å². The molecule has 0 atom stereocenters. The van der Waals surface area contributed by atoms with Crippen molar-refractivity contribution in [2.45, 2.75) is 12.7 Å². The molecule has 1 aliphatic rings. The standard InChI is InChI=1S/C18H22F3N5O/c19-18(20,21)15-2-1-3-16(12-15)23-17(27)13-25-9-6-24(7-10-25)8-11-26-5-4-22-14-26/h1-5,12,14H,6-11,13H2,(H,23,27). The van der Waals surface area contributed by atoms with Gasteiger partial charge in [-0.05, 0) is 18.2 Å². The number of piperazine rings is 1. The van der Waals surface area contributed by atoms with Crippen molar-refractivity contribution in [1.29, 1.82) is 0 Å². The van der Waals surface area contributed by atoms with Gasteiger partial charge in [0.25, 0.3) is 0 Å². The zero-order valence-corrected chi connectivity index (χ0v) is 14.8. The molecule has 0 saturated carbocycles. The topological polar surface area (TPSA) is 53.4 Å². The molecule has 0 radical (unpaired) electrons. The van der Waals surface area contributed by atoms with Crippen LogP contribution in [-0.4, -0.2) is 64.5 Å². The van der Waals surface area contributed by atoms with Crippen LogP contribution in [0.2, 0.25) is 0 Å². The Morgan fingerprint density at radius 3 is 2.52 bits per heavy atom. The molecular formula is C18H22F3N5O. The third-order valence-electron chi connectivity index (χ3n) is 4.54. The first-order valence-corrected chi connectivity index (χ1v) is 8.78. The van der Waals surface area contributed by atoms with E-state index >= 15 is 0 Å². The number of halogens is 3. The highest BCUT2D eigenvalue weighted by Crippen LogP contribution is 2.30. The summed E-state index contributed by atoms with van der Waals surface area (Å²) in [5.41, 5.74) is -0.611. The predicted octanol–water partition coefficient (Wildman–Crippen LogP) is 2.16. The summed E-state index contributed by atoms with van der Waals surface area (Å²) in [5, 5.41) is 2.55. The maximum atomic E-state index is 12.7. The molecule has 1 amide bonds. The quantitative estimate of drug-likeness (QED) is 0.833. The van der Waals surface area contributed by atoms with E-state index in [1.807, 2.05) is 15.7 Å². The second-order valence-electron chi connectivity index (χ2n) is 6.55. The molecule has 6 nitrogen and oxygen atoms in total. The van der Waals surface area contributed by atoms with Gasteiger partial charge < -0.3 is 9.88 Å². The SMILES string of the molecule is O=C(CN1CCN(CCn2ccnc2)CC1)Nc1cccc(C(F)(F)F)c1. The van der Waals surface area contributed by atoms with Crippen LogP contribution in [0.4, 0.5) is 18.9 Å². The van der Waals surface area contributed by atoms with Crippen molar-refractivity contribution in [1.82, 2.24) is 19.4 Å². The lowest BCUT2D eigenvalue weighted by Crippen LogP contribution is -2.49. The van der Waals surface area contributed by atoms with Gasteiger partial charge in [0.1, 0.15) is 0 Å². The van der Waals surface area contributed by atoms with Gasteiger partial charge in [-0.2, -0.15) is 13.2 Å². The van der Waals surface area contributed by atoms with Crippen LogP contribution in [0, 0.1) is 0 Å². The normalized spacial score (nSPS) is 16.4. The smallest absolute Gasteiger partial charge is 0.336 e. The Morgan fingerprint density at radius 2 is 1.85 bits per heavy atom. The number of aromatic nitrogens is 2. The number of nitrogens with zero attached hydrogens (tertiary/aromatic N) is 4. The fraction of sp³-hybridized carbons (Fsp3) is 0.444. The Kier molecular flexibility index (Phi) is 6.12. The lowest BCUT2D eigenvalue weighted by Gasteiger charge is -2.34. The van der Waals surface area contributed by atoms with Crippen molar-refractivity contribution < 1.29 is 18.0 Å². The minimum atomic E-state index is -4.42. The molecule has 1 N–H and O–H groups in total. The Hall–Kier alpha value is -2.39. The molecule has 3 rings (SSSR count). The summed E-state index contributed by atoms with van der Waals surface area (Å²) in [4.78, 5) is 20.5. The first kappa shape index (κ1) is 19.4. The number of carbonyl (C=O) groups excluding carboxylic acids is 1. The average Bonchev–Trinajstić information content (AvgIpc) is 3.14. The van der Waals surface area contributed by atoms with Gasteiger partial charge in [0.05, 0.1) is 18.4 Å². The number of alkyl halides is 3. The Bertz CT molecular complexity index is 740. The monoisotopic (exact) mass is 381 g/mol. The summed E-state index contributed by atoms with van der Waals surface area (Å²) in [7, 11) is 0. The van der Waals surface area contributed by atoms with Crippen LogP contribution >= 0.6 is 0 Å². The van der Waals surface area contributed by atoms with Crippen molar-refractivity contribution in [3.8, 4) is 0 Å². The highest BCUT2D eigenvalue weighted by atomic mass is 19.4. The second kappa shape index (κ2) is 8.53. The van der Waals surface area contributed by atoms with Crippen LogP contribution in [0.15, 0.2) is 43.0 Å². The van der Waals surface area contributed by atoms with E-state index in [2.05, 4.69) is 15.2 Å². The zero-order valence-electron chi connectivity index (χ0n) is 14.8. The summed E-state index contributed by atoms with van der Waals surface area (Å²) in [6.07, 6.45) is 1.04. The number of nitrogens with one attached hydrogen (secondary N) is 1. The van der Waals surface area contributed by atoms with Crippen LogP contribution < -0.4 is 5.32 Å². The lowest BCUT2D eigenvalue weighted by atomic mass is 10.2. The lowest BCUT2D eigenvalue weighted by molar-refractivity contribution is -0.137. The van der Waals surface area contributed by atoms with E-state index < -0.39 is 11.7 Å². The molecule has 0 bridgehead atoms. The third kappa shape index (κ3) is 5.80. The van der Waals surface area contributed by atoms with Crippen LogP contribution in [-0.2, 0) is 17.5 Å². The second-order valence-corrected chi connectivity index (χ2v) is 6.55. The summed E-state index contributed by atoms with van der Waals surface area (Å²) >= 11 is 0. The molecule has 146 valence electrons. The molecule has 2 heterocycles. The van der Waals surface area contributed by atoms with Gasteiger partial charge in [-0.15, -0.1) is 0 Å². The van der Waals surface area contributed by atoms with E-state index in [-0.39, 0.29) is 18.1 Å². The largest absolute Gasteiger partial charge is 0.416 e. The number of carbonyl (C=O) groups is 1. The van der Waals surface area contributed by atoms with Crippen LogP contribution in [0.1, 0.15) is 5.56 Å². The van der Waals surface area contributed by atoms with Gasteiger partial charge in [0.2, 0.25) is 5.91 Å². The van der Waals surface area contributed by atoms with Gasteiger partial charge in [-0.1, -0.05) is 6.07 Å². The molecule has 0 spiro atoms. The summed E-state index contributed by atoms with van der Waals surface area (Å²) in [6, 6.07) is 4.68. The van der Waals surface area contributed by atoms with Gasteiger partial charge in [0.15, 0.2) is 0 Å². The predicted molar refractivity (Wildman–Crippen MR) is 95.2 cm³/mol. The van der Waals surface area contributed by atoms with Crippen molar-refractivity contribution >= 4 is 11.6 Å². The molecule has 2 aromatic rings. The number of hydrogen-bond acceptors (Lipinski definition) is 4. The van der Waals surface area contributed by atoms with E-state index in [1.165, 1.54) is 12.1 Å². The van der Waals surface area contributed by atoms with Crippen molar-refractivity contribution in [2.75, 3.05) is 44.6 Å². The number of imidazole rings is 1. The maximum absolute atomic E-state index is 12.7. The molecule has 1 saturated heterocycles. The van der Waals surface area contributed by atoms with E-state index in [0.29, 0.717) is 0 Å². The average molecular weight is 381 g/mol. The van der Waals surface area contributed by atoms with E-state index in [0.717, 1.165) is 51.4 Å². The Balaban J connectivity index is 1.42. The van der Waals surface area contributed by atoms with E-state index in [9.17, 15) is 18.0 Å². The van der Waals surface area contributed by atoms with E-state index in [4.69, 9.17) is 0 Å². The summed E-state index contributed by atoms with van der Waals surface area (Å²) < 4.78 is 40.2. The van der Waals surface area contributed by atoms with Gasteiger partial charge in [-0.25, -0.2) is 4.98 Å². The molecule has 1 aromatic carbocycles. The zero-order chi connectivity index (χ0) is 19.3. The highest BCUT2D eigenvalue weighted by molar-refractivity contribution is 5.92. The minimum Gasteiger partial charge on any atom is -0.336 e. The van der Waals surface area contributed by atoms with Crippen LogP contribution in [0.5, 0.6) is 0 Å². The van der Waals surface area contributed by atoms with Crippen LogP contribution in [0.3, 0.4) is 0 Å². The van der Waals surface area contributed by atoms with Gasteiger partial charge >= 0.3 is 6.18 Å². The number of benzene rings is 1. The molecule has 9 heteroatoms. The molecular weight excluding hydrogens is 359 g/mol. The molecule has 0 aliphatic carbocycles. The first-order valence-electron chi connectivity index (χ1n) is 8.78. The molecule has 1 aromatic heterocycles. The van der Waals surface area contributed by atoms with Crippen LogP contribution in [0.25, 0.3) is 0 Å². The number of amides is 1. The van der Waals surface area contributed by atoms with Gasteiger partial charge in [0, 0.05) is 57.3 Å². The molecule has 0 unspecified atom stereocenters. The van der Waals surface area contributed by atoms with Crippen molar-refractivity contribution in [3.63, 3.8) is 0 Å². The highest BCUT2D eigenvalue weighted by Gasteiger charge is 2.30. The number of hydrogen-bond donors (Lipinski definition) is 1. The van der Waals surface area contributed by atoms with E-state index in [1.54, 1.807) is 12.5 Å². The number of anilines is 1.